The maximum Gasteiger partial charge on any atom is 0.486 e. The zero-order valence-corrected chi connectivity index (χ0v) is 28.0. The number of carbonyl (C=O) groups excluding carboxylic acids is 2. The van der Waals surface area contributed by atoms with Crippen LogP contribution in [0.3, 0.4) is 0 Å². The summed E-state index contributed by atoms with van der Waals surface area (Å²) in [6.07, 6.45) is 10.4. The van der Waals surface area contributed by atoms with Crippen LogP contribution in [0.15, 0.2) is 48.6 Å². The molecule has 10 heteroatoms. The number of allylic oxidation sites excluding steroid dienone is 1. The number of nitrogens with zero attached hydrogens (tertiary/aromatic N) is 1. The van der Waals surface area contributed by atoms with E-state index in [1.807, 2.05) is 25.1 Å². The number of nitrogens with one attached hydrogen (secondary N) is 1. The molecule has 2 amide bonds. The molecule has 3 aliphatic rings. The van der Waals surface area contributed by atoms with Gasteiger partial charge in [0.2, 0.25) is 11.8 Å². The average Bonchev–Trinajstić information content (AvgIpc) is 3.17. The Bertz CT molecular complexity index is 1440. The van der Waals surface area contributed by atoms with Crippen LogP contribution in [0.2, 0.25) is 5.02 Å². The van der Waals surface area contributed by atoms with Crippen molar-refractivity contribution in [2.45, 2.75) is 75.7 Å². The molecule has 3 N–H and O–H groups in total. The minimum Gasteiger partial charge on any atom is -0.490 e. The van der Waals surface area contributed by atoms with E-state index >= 15 is 0 Å². The van der Waals surface area contributed by atoms with E-state index in [1.165, 1.54) is 11.1 Å². The summed E-state index contributed by atoms with van der Waals surface area (Å²) in [5.41, 5.74) is 9.47. The molecule has 5 rings (SSSR count). The summed E-state index contributed by atoms with van der Waals surface area (Å²) in [6, 6.07) is 11.8. The fraction of sp³-hybridized carbons (Fsp3) is 0.543. The molecule has 1 unspecified atom stereocenters. The number of hydrogen-bond donors (Lipinski definition) is 2. The van der Waals surface area contributed by atoms with Gasteiger partial charge in [-0.15, -0.1) is 0 Å². The van der Waals surface area contributed by atoms with Crippen LogP contribution in [0.25, 0.3) is 0 Å². The average molecular weight is 655 g/mol. The molecule has 0 aromatic heterocycles. The summed E-state index contributed by atoms with van der Waals surface area (Å²) in [4.78, 5) is 26.5. The Labute approximate surface area is 275 Å². The molecule has 0 bridgehead atoms. The van der Waals surface area contributed by atoms with Gasteiger partial charge in [0, 0.05) is 52.7 Å². The van der Waals surface area contributed by atoms with E-state index in [0.29, 0.717) is 48.5 Å². The Balaban J connectivity index is 1.36. The van der Waals surface area contributed by atoms with E-state index in [0.717, 1.165) is 61.7 Å². The third-order valence-corrected chi connectivity index (χ3v) is 11.1. The largest absolute Gasteiger partial charge is 0.490 e. The van der Waals surface area contributed by atoms with Gasteiger partial charge >= 0.3 is 17.0 Å². The molecule has 45 heavy (non-hydrogen) atoms. The Morgan fingerprint density at radius 1 is 1.27 bits per heavy atom. The lowest BCUT2D eigenvalue weighted by Gasteiger charge is -2.46. The Hall–Kier alpha value is -3.01. The smallest absolute Gasteiger partial charge is 0.486 e. The molecule has 8 nitrogen and oxygen atoms in total. The van der Waals surface area contributed by atoms with Gasteiger partial charge in [0.25, 0.3) is 0 Å². The molecule has 1 heterocycles. The van der Waals surface area contributed by atoms with Gasteiger partial charge in [0.1, 0.15) is 5.75 Å². The Morgan fingerprint density at radius 3 is 2.78 bits per heavy atom. The number of aryl methyl sites for hydroxylation is 1. The van der Waals surface area contributed by atoms with Crippen LogP contribution in [0.4, 0.5) is 5.69 Å². The second kappa shape index (κ2) is 14.6. The fourth-order valence-corrected chi connectivity index (χ4v) is 7.95. The molecule has 1 aliphatic heterocycles. The number of anilines is 1. The number of primary amides is 1. The summed E-state index contributed by atoms with van der Waals surface area (Å²) in [5, 5.41) is 3.10. The minimum absolute atomic E-state index is 0.00793. The van der Waals surface area contributed by atoms with Crippen molar-refractivity contribution < 1.29 is 23.3 Å². The lowest BCUT2D eigenvalue weighted by molar-refractivity contribution is -0.121. The lowest BCUT2D eigenvalue weighted by Crippen LogP contribution is -2.49. The highest BCUT2D eigenvalue weighted by atomic mass is 35.5. The number of methoxy groups -OCH3 is 1. The summed E-state index contributed by atoms with van der Waals surface area (Å²) >= 11 is 6.84. The number of benzene rings is 2. The topological polar surface area (TPSA) is 111 Å². The molecule has 6 atom stereocenters. The molecule has 1 spiro atoms. The summed E-state index contributed by atoms with van der Waals surface area (Å²) in [5.74, 6) is 0.891. The maximum absolute atomic E-state index is 12.2. The number of ether oxygens (including phenoxy) is 2. The molecule has 1 saturated carbocycles. The number of fused-ring (bicyclic) bond motifs is 3. The molecule has 2 aromatic rings. The first kappa shape index (κ1) is 33.4. The first-order valence-corrected chi connectivity index (χ1v) is 17.2. The number of amides is 2. The van der Waals surface area contributed by atoms with Gasteiger partial charge in [-0.25, -0.2) is 0 Å². The van der Waals surface area contributed by atoms with Crippen LogP contribution in [-0.4, -0.2) is 50.1 Å². The quantitative estimate of drug-likeness (QED) is 0.170. The third kappa shape index (κ3) is 7.36. The molecule has 2 aliphatic carbocycles. The predicted octanol–water partition coefficient (Wildman–Crippen LogP) is 5.82. The van der Waals surface area contributed by atoms with Crippen molar-refractivity contribution in [2.24, 2.45) is 23.5 Å². The van der Waals surface area contributed by atoms with Crippen LogP contribution in [0.1, 0.15) is 73.9 Å². The van der Waals surface area contributed by atoms with Crippen LogP contribution in [-0.2, 0) is 37.2 Å². The zero-order chi connectivity index (χ0) is 32.1. The highest BCUT2D eigenvalue weighted by molar-refractivity contribution is 7.66. The lowest BCUT2D eigenvalue weighted by atomic mass is 9.68. The maximum atomic E-state index is 12.2. The van der Waals surface area contributed by atoms with Crippen molar-refractivity contribution >= 4 is 40.8 Å². The number of rotatable bonds is 12. The van der Waals surface area contributed by atoms with Crippen LogP contribution in [0, 0.1) is 17.8 Å². The molecule has 1 fully saturated rings. The van der Waals surface area contributed by atoms with Gasteiger partial charge in [0.05, 0.1) is 18.4 Å². The van der Waals surface area contributed by atoms with Crippen molar-refractivity contribution in [2.75, 3.05) is 31.7 Å². The van der Waals surface area contributed by atoms with Crippen LogP contribution in [0.5, 0.6) is 5.75 Å². The van der Waals surface area contributed by atoms with E-state index in [2.05, 4.69) is 34.5 Å². The molecular formula is C35H45ClN3O5S+. The van der Waals surface area contributed by atoms with E-state index in [-0.39, 0.29) is 23.3 Å². The van der Waals surface area contributed by atoms with Crippen molar-refractivity contribution in [1.82, 2.24) is 5.32 Å². The standard InChI is InChI=1S/C35H44ClN3O5S/c1-4-32(40)38-34(45-42)22(2)7-5-9-30(43-3)27-13-10-25(27)19-39-20-35(16-6-8-23-17-26(36)12-14-28(23)35)21-44-31-15-11-24(33(37)41)18-29(31)39/h5,9,11-12,14-15,17-18,22,25,27,30,34H,4,6-8,10,13,16,19-21H2,1-3H3,(H2-,37,38,40,41)/p+1/b9-5+/t22-,25-,27+,30-,34?,35-/m0/s1. The Kier molecular flexibility index (Phi) is 10.8. The van der Waals surface area contributed by atoms with Gasteiger partial charge in [-0.2, -0.15) is 0 Å². The van der Waals surface area contributed by atoms with E-state index in [1.54, 1.807) is 20.1 Å². The number of nitrogens with two attached hydrogens (primary N) is 1. The number of hydrogen-bond acceptors (Lipinski definition) is 6. The third-order valence-electron chi connectivity index (χ3n) is 10.0. The molecule has 242 valence electrons. The Morgan fingerprint density at radius 2 is 2.09 bits per heavy atom. The molecule has 2 aromatic carbocycles. The van der Waals surface area contributed by atoms with Gasteiger partial charge in [0.15, 0.2) is 0 Å². The number of carbonyl (C=O) groups is 2. The molecule has 0 saturated heterocycles. The monoisotopic (exact) mass is 654 g/mol. The predicted molar refractivity (Wildman–Crippen MR) is 179 cm³/mol. The molecule has 0 radical (unpaired) electrons. The molecular weight excluding hydrogens is 610 g/mol. The first-order chi connectivity index (χ1) is 21.7. The highest BCUT2D eigenvalue weighted by Gasteiger charge is 2.44. The van der Waals surface area contributed by atoms with Gasteiger partial charge in [-0.3, -0.25) is 14.9 Å². The van der Waals surface area contributed by atoms with Crippen molar-refractivity contribution in [3.05, 3.63) is 70.3 Å². The van der Waals surface area contributed by atoms with Gasteiger partial charge in [-0.05, 0) is 91.8 Å². The summed E-state index contributed by atoms with van der Waals surface area (Å²) < 4.78 is 24.2. The minimum atomic E-state index is -0.469. The zero-order valence-electron chi connectivity index (χ0n) is 26.4. The summed E-state index contributed by atoms with van der Waals surface area (Å²) in [6.45, 7) is 5.88. The van der Waals surface area contributed by atoms with Crippen molar-refractivity contribution in [3.63, 3.8) is 0 Å². The van der Waals surface area contributed by atoms with Crippen LogP contribution < -0.4 is 20.7 Å². The van der Waals surface area contributed by atoms with Gasteiger partial charge < -0.3 is 20.1 Å². The van der Waals surface area contributed by atoms with E-state index < -0.39 is 11.3 Å². The van der Waals surface area contributed by atoms with E-state index in [9.17, 15) is 13.8 Å². The second-order valence-electron chi connectivity index (χ2n) is 12.9. The first-order valence-electron chi connectivity index (χ1n) is 16.1. The summed E-state index contributed by atoms with van der Waals surface area (Å²) in [7, 11) is 1.75. The fourth-order valence-electron chi connectivity index (χ4n) is 7.27. The number of halogens is 1. The highest BCUT2D eigenvalue weighted by Crippen LogP contribution is 2.47. The van der Waals surface area contributed by atoms with Crippen molar-refractivity contribution in [1.29, 1.82) is 0 Å². The van der Waals surface area contributed by atoms with Crippen LogP contribution >= 0.6 is 11.6 Å². The SMILES string of the molecule is CCC(=O)NC([S+]=O)[C@@H](C)C/C=C/[C@H](OC)[C@@H]1CC[C@H]1CN1C[C@@]2(CCCc3cc(Cl)ccc32)COc2ccc(C(N)=O)cc21. The van der Waals surface area contributed by atoms with E-state index in [4.69, 9.17) is 26.8 Å². The normalized spacial score (nSPS) is 24.4. The second-order valence-corrected chi connectivity index (χ2v) is 14.1. The van der Waals surface area contributed by atoms with Crippen molar-refractivity contribution in [3.8, 4) is 5.75 Å². The van der Waals surface area contributed by atoms with Gasteiger partial charge in [-0.1, -0.05) is 43.7 Å².